The van der Waals surface area contributed by atoms with Crippen LogP contribution >= 0.6 is 110 Å². The number of amides is 2. The fourth-order valence-corrected chi connectivity index (χ4v) is 8.27. The van der Waals surface area contributed by atoms with E-state index in [1.54, 1.807) is 23.9 Å². The highest BCUT2D eigenvalue weighted by Crippen LogP contribution is 2.46. The Morgan fingerprint density at radius 3 is 2.12 bits per heavy atom. The summed E-state index contributed by atoms with van der Waals surface area (Å²) in [7, 11) is 0. The van der Waals surface area contributed by atoms with Crippen molar-refractivity contribution in [1.29, 1.82) is 0 Å². The molecule has 0 atom stereocenters. The normalized spacial score (nSPS) is 13.3. The van der Waals surface area contributed by atoms with Crippen molar-refractivity contribution in [3.8, 4) is 0 Å². The van der Waals surface area contributed by atoms with Crippen LogP contribution in [-0.2, 0) is 5.75 Å². The highest BCUT2D eigenvalue weighted by molar-refractivity contribution is 9.15. The first-order valence-electron chi connectivity index (χ1n) is 9.39. The number of thiazole rings is 1. The van der Waals surface area contributed by atoms with Gasteiger partial charge in [-0.15, -0.1) is 11.3 Å². The van der Waals surface area contributed by atoms with Crippen molar-refractivity contribution in [1.82, 2.24) is 4.98 Å². The van der Waals surface area contributed by atoms with Crippen molar-refractivity contribution < 1.29 is 9.59 Å². The summed E-state index contributed by atoms with van der Waals surface area (Å²) >= 11 is 29.0. The highest BCUT2D eigenvalue weighted by atomic mass is 79.9. The first kappa shape index (κ1) is 25.2. The molecule has 1 aliphatic rings. The van der Waals surface area contributed by atoms with E-state index in [2.05, 4.69) is 68.7 Å². The molecule has 0 aliphatic carbocycles. The Morgan fingerprint density at radius 2 is 1.50 bits per heavy atom. The van der Waals surface area contributed by atoms with E-state index in [9.17, 15) is 9.59 Å². The topological polar surface area (TPSA) is 50.3 Å². The van der Waals surface area contributed by atoms with E-state index >= 15 is 0 Å². The number of anilines is 1. The molecular weight excluding hydrogens is 779 g/mol. The second-order valence-electron chi connectivity index (χ2n) is 7.12. The number of benzene rings is 3. The second-order valence-corrected chi connectivity index (χ2v) is 13.4. The third-order valence-electron chi connectivity index (χ3n) is 5.06. The summed E-state index contributed by atoms with van der Waals surface area (Å²) < 4.78 is 4.12. The number of nitrogens with zero attached hydrogens (tertiary/aromatic N) is 2. The van der Waals surface area contributed by atoms with Gasteiger partial charge in [0.1, 0.15) is 0 Å². The van der Waals surface area contributed by atoms with Gasteiger partial charge in [-0.2, -0.15) is 0 Å². The van der Waals surface area contributed by atoms with Gasteiger partial charge in [-0.3, -0.25) is 9.59 Å². The summed E-state index contributed by atoms with van der Waals surface area (Å²) in [5.74, 6) is -0.0916. The lowest BCUT2D eigenvalue weighted by Gasteiger charge is -2.13. The van der Waals surface area contributed by atoms with Gasteiger partial charge >= 0.3 is 0 Å². The van der Waals surface area contributed by atoms with Crippen molar-refractivity contribution in [3.63, 3.8) is 0 Å². The van der Waals surface area contributed by atoms with Gasteiger partial charge < -0.3 is 0 Å². The number of carbonyl (C=O) groups excluding carboxylic acids is 2. The Morgan fingerprint density at radius 1 is 0.853 bits per heavy atom. The average molecular weight is 787 g/mol. The van der Waals surface area contributed by atoms with Gasteiger partial charge in [-0.25, -0.2) is 9.88 Å². The first-order chi connectivity index (χ1) is 16.2. The summed E-state index contributed by atoms with van der Waals surface area (Å²) in [5, 5.41) is 1.04. The number of carbonyl (C=O) groups is 2. The number of halogens is 6. The lowest BCUT2D eigenvalue weighted by molar-refractivity contribution is 0.0926. The number of imide groups is 1. The number of thioether (sulfide) groups is 1. The standard InChI is InChI=1S/C22H8Br4Cl2N2O2S2/c23-16-14-15(17(24)19(26)18(16)25)21(32)30(20(14)31)9-2-4-12-13(6-9)34-22(29-12)33-7-8-1-3-10(27)11(28)5-8/h1-6H,7H2. The van der Waals surface area contributed by atoms with Gasteiger partial charge in [0.05, 0.1) is 37.1 Å². The Hall–Kier alpha value is -0.460. The maximum Gasteiger partial charge on any atom is 0.267 e. The van der Waals surface area contributed by atoms with E-state index in [-0.39, 0.29) is 11.8 Å². The predicted molar refractivity (Wildman–Crippen MR) is 154 cm³/mol. The van der Waals surface area contributed by atoms with Crippen molar-refractivity contribution in [2.75, 3.05) is 4.90 Å². The number of aromatic nitrogens is 1. The largest absolute Gasteiger partial charge is 0.268 e. The lowest BCUT2D eigenvalue weighted by atomic mass is 10.1. The molecule has 0 radical (unpaired) electrons. The molecule has 172 valence electrons. The molecule has 0 fully saturated rings. The maximum absolute atomic E-state index is 13.3. The van der Waals surface area contributed by atoms with E-state index in [0.717, 1.165) is 20.1 Å². The minimum atomic E-state index is -0.390. The number of hydrogen-bond acceptors (Lipinski definition) is 5. The summed E-state index contributed by atoms with van der Waals surface area (Å²) in [6.45, 7) is 0. The van der Waals surface area contributed by atoms with Gasteiger partial charge in [-0.1, -0.05) is 41.0 Å². The Labute approximate surface area is 245 Å². The van der Waals surface area contributed by atoms with Crippen LogP contribution in [0, 0.1) is 0 Å². The van der Waals surface area contributed by atoms with E-state index < -0.39 is 0 Å². The van der Waals surface area contributed by atoms with Crippen molar-refractivity contribution in [3.05, 3.63) is 81.0 Å². The van der Waals surface area contributed by atoms with Gasteiger partial charge in [0.2, 0.25) is 0 Å². The van der Waals surface area contributed by atoms with Crippen LogP contribution in [0.1, 0.15) is 26.3 Å². The van der Waals surface area contributed by atoms with Gasteiger partial charge in [0, 0.05) is 23.6 Å². The van der Waals surface area contributed by atoms with E-state index in [1.807, 2.05) is 24.3 Å². The molecule has 2 amide bonds. The van der Waals surface area contributed by atoms with Crippen LogP contribution in [0.4, 0.5) is 5.69 Å². The Kier molecular flexibility index (Phi) is 7.25. The first-order valence-corrected chi connectivity index (χ1v) is 15.1. The van der Waals surface area contributed by atoms with Gasteiger partial charge in [0.15, 0.2) is 4.34 Å². The molecule has 0 N–H and O–H groups in total. The fraction of sp³-hybridized carbons (Fsp3) is 0.0455. The molecule has 4 nitrogen and oxygen atoms in total. The Balaban J connectivity index is 1.45. The van der Waals surface area contributed by atoms with Crippen molar-refractivity contribution in [2.45, 2.75) is 10.1 Å². The lowest BCUT2D eigenvalue weighted by Crippen LogP contribution is -2.29. The monoisotopic (exact) mass is 782 g/mol. The fourth-order valence-electron chi connectivity index (χ4n) is 3.45. The predicted octanol–water partition coefficient (Wildman–Crippen LogP) is 9.75. The zero-order valence-corrected chi connectivity index (χ0v) is 26.0. The summed E-state index contributed by atoms with van der Waals surface area (Å²) in [6.07, 6.45) is 0. The minimum Gasteiger partial charge on any atom is -0.268 e. The third-order valence-corrected chi connectivity index (χ3v) is 12.8. The molecule has 0 bridgehead atoms. The van der Waals surface area contributed by atoms with Gasteiger partial charge in [0.25, 0.3) is 11.8 Å². The summed E-state index contributed by atoms with van der Waals surface area (Å²) in [4.78, 5) is 32.4. The molecule has 12 heteroatoms. The molecule has 1 aliphatic heterocycles. The molecule has 4 aromatic rings. The van der Waals surface area contributed by atoms with Crippen LogP contribution in [-0.4, -0.2) is 16.8 Å². The average Bonchev–Trinajstić information content (AvgIpc) is 3.34. The van der Waals surface area contributed by atoms with Crippen molar-refractivity contribution in [2.24, 2.45) is 0 Å². The third kappa shape index (κ3) is 4.32. The van der Waals surface area contributed by atoms with Crippen LogP contribution in [0.5, 0.6) is 0 Å². The number of rotatable bonds is 4. The highest BCUT2D eigenvalue weighted by Gasteiger charge is 2.42. The van der Waals surface area contributed by atoms with Crippen LogP contribution in [0.15, 0.2) is 58.6 Å². The van der Waals surface area contributed by atoms with E-state index in [4.69, 9.17) is 23.2 Å². The zero-order chi connectivity index (χ0) is 24.3. The smallest absolute Gasteiger partial charge is 0.267 e. The second kappa shape index (κ2) is 9.78. The quantitative estimate of drug-likeness (QED) is 0.0896. The SMILES string of the molecule is O=C1c2c(Br)c(Br)c(Br)c(Br)c2C(=O)N1c1ccc2nc(SCc3ccc(Cl)c(Cl)c3)sc2c1. The maximum atomic E-state index is 13.3. The summed E-state index contributed by atoms with van der Waals surface area (Å²) in [6, 6.07) is 10.9. The molecule has 0 unspecified atom stereocenters. The van der Waals surface area contributed by atoms with Crippen LogP contribution < -0.4 is 4.90 Å². The van der Waals surface area contributed by atoms with Crippen LogP contribution in [0.25, 0.3) is 10.2 Å². The summed E-state index contributed by atoms with van der Waals surface area (Å²) in [5.41, 5.74) is 2.96. The number of fused-ring (bicyclic) bond motifs is 2. The molecule has 0 spiro atoms. The van der Waals surface area contributed by atoms with E-state index in [0.29, 0.717) is 50.5 Å². The minimum absolute atomic E-state index is 0.314. The van der Waals surface area contributed by atoms with E-state index in [1.165, 1.54) is 16.2 Å². The molecule has 1 aromatic heterocycles. The van der Waals surface area contributed by atoms with Crippen LogP contribution in [0.2, 0.25) is 10.0 Å². The Bertz CT molecular complexity index is 1500. The molecule has 34 heavy (non-hydrogen) atoms. The zero-order valence-electron chi connectivity index (χ0n) is 16.5. The van der Waals surface area contributed by atoms with Crippen LogP contribution in [0.3, 0.4) is 0 Å². The van der Waals surface area contributed by atoms with Gasteiger partial charge in [-0.05, 0) is 99.6 Å². The molecule has 0 saturated heterocycles. The molecule has 5 rings (SSSR count). The molecular formula is C22H8Br4Cl2N2O2S2. The molecule has 2 heterocycles. The molecule has 0 saturated carbocycles. The molecule has 3 aromatic carbocycles. The number of hydrogen-bond donors (Lipinski definition) is 0. The van der Waals surface area contributed by atoms with Crippen molar-refractivity contribution >= 4 is 138 Å².